The number of nitrogens with zero attached hydrogens (tertiary/aromatic N) is 3. The van der Waals surface area contributed by atoms with Gasteiger partial charge in [-0.15, -0.1) is 11.3 Å². The number of piperazine rings is 1. The van der Waals surface area contributed by atoms with Crippen molar-refractivity contribution in [3.63, 3.8) is 0 Å². The monoisotopic (exact) mass is 226 g/mol. The topological polar surface area (TPSA) is 32.6 Å². The molecule has 2 rings (SSSR count). The zero-order valence-corrected chi connectivity index (χ0v) is 10.2. The molecule has 1 aromatic heterocycles. The summed E-state index contributed by atoms with van der Waals surface area (Å²) in [5.74, 6) is 0. The average Bonchev–Trinajstić information content (AvgIpc) is 2.62. The summed E-state index contributed by atoms with van der Waals surface area (Å²) in [5, 5.41) is 5.58. The van der Waals surface area contributed by atoms with E-state index in [2.05, 4.69) is 32.2 Å². The Balaban J connectivity index is 2.06. The predicted molar refractivity (Wildman–Crippen MR) is 62.9 cm³/mol. The lowest BCUT2D eigenvalue weighted by atomic mass is 10.3. The fourth-order valence-electron chi connectivity index (χ4n) is 1.85. The molecule has 15 heavy (non-hydrogen) atoms. The fourth-order valence-corrected chi connectivity index (χ4v) is 2.70. The highest BCUT2D eigenvalue weighted by Crippen LogP contribution is 2.05. The maximum Gasteiger partial charge on any atom is 0.184 e. The first-order valence-electron chi connectivity index (χ1n) is 5.30. The Bertz CT molecular complexity index is 373. The van der Waals surface area contributed by atoms with E-state index in [9.17, 15) is 0 Å². The predicted octanol–water partition coefficient (Wildman–Crippen LogP) is 0.0223. The molecule has 1 N–H and O–H groups in total. The van der Waals surface area contributed by atoms with Gasteiger partial charge in [-0.1, -0.05) is 0 Å². The van der Waals surface area contributed by atoms with Gasteiger partial charge in [-0.05, 0) is 0 Å². The Morgan fingerprint density at radius 2 is 2.20 bits per heavy atom. The molecule has 0 radical (unpaired) electrons. The van der Waals surface area contributed by atoms with Crippen molar-refractivity contribution in [3.8, 4) is 0 Å². The van der Waals surface area contributed by atoms with E-state index in [1.54, 1.807) is 11.3 Å². The summed E-state index contributed by atoms with van der Waals surface area (Å²) in [4.78, 5) is 7.82. The molecule has 4 nitrogen and oxygen atoms in total. The Labute approximate surface area is 94.3 Å². The van der Waals surface area contributed by atoms with E-state index in [0.29, 0.717) is 0 Å². The highest BCUT2D eigenvalue weighted by atomic mass is 32.1. The highest BCUT2D eigenvalue weighted by molar-refractivity contribution is 7.07. The molecule has 0 saturated carbocycles. The third-order valence-corrected chi connectivity index (χ3v) is 3.86. The van der Waals surface area contributed by atoms with Crippen LogP contribution in [0.15, 0.2) is 10.4 Å². The van der Waals surface area contributed by atoms with E-state index < -0.39 is 0 Å². The van der Waals surface area contributed by atoms with Crippen molar-refractivity contribution in [1.29, 1.82) is 0 Å². The summed E-state index contributed by atoms with van der Waals surface area (Å²) in [7, 11) is 3.94. The number of aromatic nitrogens is 1. The number of nitrogens with one attached hydrogen (secondary N) is 1. The third-order valence-electron chi connectivity index (χ3n) is 2.80. The fraction of sp³-hybridized carbons (Fsp3) is 0.700. The van der Waals surface area contributed by atoms with E-state index in [1.807, 2.05) is 7.05 Å². The number of hydrogen-bond donors (Lipinski definition) is 1. The molecule has 0 unspecified atom stereocenters. The Morgan fingerprint density at radius 3 is 2.80 bits per heavy atom. The van der Waals surface area contributed by atoms with Gasteiger partial charge in [0.15, 0.2) is 4.80 Å². The summed E-state index contributed by atoms with van der Waals surface area (Å²) in [6, 6.07) is 0. The average molecular weight is 226 g/mol. The molecule has 1 aliphatic heterocycles. The van der Waals surface area contributed by atoms with E-state index in [1.165, 1.54) is 5.69 Å². The normalized spacial score (nSPS) is 19.7. The van der Waals surface area contributed by atoms with Crippen LogP contribution in [0.3, 0.4) is 0 Å². The van der Waals surface area contributed by atoms with E-state index >= 15 is 0 Å². The standard InChI is InChI=1S/C10H18N4S/c1-11-10-13(2)9(8-15-10)7-14-5-3-12-4-6-14/h8,12H,3-7H2,1-2H3/b11-10-. The van der Waals surface area contributed by atoms with Crippen LogP contribution >= 0.6 is 11.3 Å². The van der Waals surface area contributed by atoms with Crippen molar-refractivity contribution < 1.29 is 0 Å². The first-order valence-corrected chi connectivity index (χ1v) is 6.18. The molecule has 2 heterocycles. The lowest BCUT2D eigenvalue weighted by Crippen LogP contribution is -2.43. The van der Waals surface area contributed by atoms with Crippen molar-refractivity contribution in [2.24, 2.45) is 12.0 Å². The van der Waals surface area contributed by atoms with Gasteiger partial charge in [-0.3, -0.25) is 9.89 Å². The van der Waals surface area contributed by atoms with Crippen LogP contribution in [0, 0.1) is 0 Å². The highest BCUT2D eigenvalue weighted by Gasteiger charge is 2.11. The minimum Gasteiger partial charge on any atom is -0.323 e. The lowest BCUT2D eigenvalue weighted by Gasteiger charge is -2.27. The summed E-state index contributed by atoms with van der Waals surface area (Å²) in [6.07, 6.45) is 0. The van der Waals surface area contributed by atoms with Crippen LogP contribution in [0.5, 0.6) is 0 Å². The zero-order valence-electron chi connectivity index (χ0n) is 9.36. The van der Waals surface area contributed by atoms with E-state index in [0.717, 1.165) is 37.5 Å². The number of rotatable bonds is 2. The van der Waals surface area contributed by atoms with Crippen LogP contribution < -0.4 is 10.1 Å². The van der Waals surface area contributed by atoms with Gasteiger partial charge < -0.3 is 9.88 Å². The molecule has 5 heteroatoms. The second-order valence-corrected chi connectivity index (χ2v) is 4.65. The van der Waals surface area contributed by atoms with Crippen molar-refractivity contribution in [2.75, 3.05) is 33.2 Å². The second kappa shape index (κ2) is 4.92. The van der Waals surface area contributed by atoms with Gasteiger partial charge in [0.2, 0.25) is 0 Å². The van der Waals surface area contributed by atoms with Gasteiger partial charge in [0, 0.05) is 57.9 Å². The van der Waals surface area contributed by atoms with Gasteiger partial charge in [-0.25, -0.2) is 0 Å². The van der Waals surface area contributed by atoms with Crippen molar-refractivity contribution in [3.05, 3.63) is 15.9 Å². The molecule has 1 aromatic rings. The maximum atomic E-state index is 4.23. The quantitative estimate of drug-likeness (QED) is 0.771. The summed E-state index contributed by atoms with van der Waals surface area (Å²) in [6.45, 7) is 5.56. The largest absolute Gasteiger partial charge is 0.323 e. The molecule has 84 valence electrons. The zero-order chi connectivity index (χ0) is 10.7. The molecule has 1 aliphatic rings. The maximum absolute atomic E-state index is 4.23. The second-order valence-electron chi connectivity index (χ2n) is 3.82. The minimum absolute atomic E-state index is 1.05. The molecular weight excluding hydrogens is 208 g/mol. The number of hydrogen-bond acceptors (Lipinski definition) is 4. The molecule has 0 amide bonds. The van der Waals surface area contributed by atoms with Crippen LogP contribution in [0.2, 0.25) is 0 Å². The molecule has 1 saturated heterocycles. The van der Waals surface area contributed by atoms with Gasteiger partial charge in [0.1, 0.15) is 0 Å². The number of thiazole rings is 1. The van der Waals surface area contributed by atoms with Crippen LogP contribution in [0.25, 0.3) is 0 Å². The van der Waals surface area contributed by atoms with E-state index in [4.69, 9.17) is 0 Å². The molecule has 0 aromatic carbocycles. The van der Waals surface area contributed by atoms with Crippen molar-refractivity contribution in [1.82, 2.24) is 14.8 Å². The Morgan fingerprint density at radius 1 is 1.47 bits per heavy atom. The Hall–Kier alpha value is -0.650. The molecule has 0 aliphatic carbocycles. The van der Waals surface area contributed by atoms with Crippen molar-refractivity contribution >= 4 is 11.3 Å². The smallest absolute Gasteiger partial charge is 0.184 e. The molecule has 0 bridgehead atoms. The SMILES string of the molecule is C/N=c1\scc(CN2CCNCC2)n1C. The van der Waals surface area contributed by atoms with Crippen LogP contribution in [0.4, 0.5) is 0 Å². The van der Waals surface area contributed by atoms with Crippen molar-refractivity contribution in [2.45, 2.75) is 6.54 Å². The van der Waals surface area contributed by atoms with Gasteiger partial charge in [0.25, 0.3) is 0 Å². The van der Waals surface area contributed by atoms with Crippen LogP contribution in [0.1, 0.15) is 5.69 Å². The Kier molecular flexibility index (Phi) is 3.56. The van der Waals surface area contributed by atoms with Gasteiger partial charge in [-0.2, -0.15) is 0 Å². The molecule has 0 atom stereocenters. The first-order chi connectivity index (χ1) is 7.31. The first kappa shape index (κ1) is 10.9. The van der Waals surface area contributed by atoms with Crippen LogP contribution in [-0.2, 0) is 13.6 Å². The summed E-state index contributed by atoms with van der Waals surface area (Å²) >= 11 is 1.72. The minimum atomic E-state index is 1.05. The van der Waals surface area contributed by atoms with E-state index in [-0.39, 0.29) is 0 Å². The summed E-state index contributed by atoms with van der Waals surface area (Å²) in [5.41, 5.74) is 1.36. The van der Waals surface area contributed by atoms with Gasteiger partial charge >= 0.3 is 0 Å². The molecular formula is C10H18N4S. The molecule has 0 spiro atoms. The molecule has 1 fully saturated rings. The van der Waals surface area contributed by atoms with Crippen LogP contribution in [-0.4, -0.2) is 42.7 Å². The summed E-state index contributed by atoms with van der Waals surface area (Å²) < 4.78 is 2.19. The van der Waals surface area contributed by atoms with Gasteiger partial charge in [0.05, 0.1) is 0 Å². The third kappa shape index (κ3) is 2.48. The lowest BCUT2D eigenvalue weighted by molar-refractivity contribution is 0.228.